The zero-order chi connectivity index (χ0) is 14.1. The third-order valence-corrected chi connectivity index (χ3v) is 3.48. The number of rotatable bonds is 2. The van der Waals surface area contributed by atoms with Crippen LogP contribution in [0.4, 0.5) is 15.9 Å². The SMILES string of the molecule is Cc1cc2c(Nc3ccc(Br)c(F)c3)ncnc2cn1.Cl. The van der Waals surface area contributed by atoms with E-state index in [2.05, 4.69) is 36.2 Å². The Labute approximate surface area is 135 Å². The first-order valence-electron chi connectivity index (χ1n) is 5.93. The molecule has 0 aliphatic heterocycles. The number of halogens is 3. The number of pyridine rings is 1. The zero-order valence-electron chi connectivity index (χ0n) is 11.0. The Morgan fingerprint density at radius 1 is 1.14 bits per heavy atom. The highest BCUT2D eigenvalue weighted by Crippen LogP contribution is 2.25. The van der Waals surface area contributed by atoms with Crippen molar-refractivity contribution in [3.05, 3.63) is 52.8 Å². The minimum absolute atomic E-state index is 0. The van der Waals surface area contributed by atoms with Gasteiger partial charge < -0.3 is 5.32 Å². The number of fused-ring (bicyclic) bond motifs is 1. The molecule has 0 spiro atoms. The molecule has 0 saturated carbocycles. The predicted molar refractivity (Wildman–Crippen MR) is 86.7 cm³/mol. The number of nitrogens with one attached hydrogen (secondary N) is 1. The van der Waals surface area contributed by atoms with E-state index in [9.17, 15) is 4.39 Å². The van der Waals surface area contributed by atoms with Gasteiger partial charge in [-0.25, -0.2) is 14.4 Å². The molecule has 0 aliphatic rings. The molecule has 1 N–H and O–H groups in total. The van der Waals surface area contributed by atoms with Gasteiger partial charge in [0.15, 0.2) is 0 Å². The van der Waals surface area contributed by atoms with Crippen molar-refractivity contribution in [1.82, 2.24) is 15.0 Å². The van der Waals surface area contributed by atoms with Gasteiger partial charge in [-0.15, -0.1) is 12.4 Å². The van der Waals surface area contributed by atoms with Gasteiger partial charge in [-0.2, -0.15) is 0 Å². The average Bonchev–Trinajstić information content (AvgIpc) is 2.44. The fourth-order valence-electron chi connectivity index (χ4n) is 1.87. The van der Waals surface area contributed by atoms with Crippen LogP contribution < -0.4 is 5.32 Å². The third-order valence-electron chi connectivity index (χ3n) is 2.84. The third kappa shape index (κ3) is 3.28. The summed E-state index contributed by atoms with van der Waals surface area (Å²) in [6.45, 7) is 1.90. The average molecular weight is 370 g/mol. The van der Waals surface area contributed by atoms with Crippen molar-refractivity contribution >= 4 is 50.7 Å². The van der Waals surface area contributed by atoms with Crippen LogP contribution in [0.3, 0.4) is 0 Å². The predicted octanol–water partition coefficient (Wildman–Crippen LogP) is 4.40. The lowest BCUT2D eigenvalue weighted by Gasteiger charge is -2.09. The molecule has 2 aromatic heterocycles. The van der Waals surface area contributed by atoms with Gasteiger partial charge in [0.05, 0.1) is 16.2 Å². The van der Waals surface area contributed by atoms with Crippen molar-refractivity contribution in [2.75, 3.05) is 5.32 Å². The summed E-state index contributed by atoms with van der Waals surface area (Å²) >= 11 is 3.13. The summed E-state index contributed by atoms with van der Waals surface area (Å²) in [5, 5.41) is 3.95. The standard InChI is InChI=1S/C14H10BrFN4.ClH/c1-8-4-10-13(6-17-8)18-7-19-14(10)20-9-2-3-11(15)12(16)5-9;/h2-7H,1H3,(H,18,19,20);1H. The maximum atomic E-state index is 13.5. The Morgan fingerprint density at radius 3 is 2.71 bits per heavy atom. The number of anilines is 2. The Kier molecular flexibility index (Phi) is 4.69. The molecule has 2 heterocycles. The van der Waals surface area contributed by atoms with Crippen molar-refractivity contribution in [2.24, 2.45) is 0 Å². The van der Waals surface area contributed by atoms with E-state index in [1.807, 2.05) is 13.0 Å². The largest absolute Gasteiger partial charge is 0.340 e. The first-order chi connectivity index (χ1) is 9.63. The highest BCUT2D eigenvalue weighted by atomic mass is 79.9. The minimum Gasteiger partial charge on any atom is -0.340 e. The lowest BCUT2D eigenvalue weighted by molar-refractivity contribution is 0.622. The summed E-state index contributed by atoms with van der Waals surface area (Å²) in [6.07, 6.45) is 3.15. The summed E-state index contributed by atoms with van der Waals surface area (Å²) in [5.74, 6) is 0.299. The van der Waals surface area contributed by atoms with E-state index in [1.54, 1.807) is 18.3 Å². The van der Waals surface area contributed by atoms with E-state index in [4.69, 9.17) is 0 Å². The molecule has 3 aromatic rings. The second-order valence-electron chi connectivity index (χ2n) is 4.32. The van der Waals surface area contributed by atoms with Crippen LogP contribution in [-0.4, -0.2) is 15.0 Å². The Hall–Kier alpha value is -1.79. The quantitative estimate of drug-likeness (QED) is 0.727. The molecule has 0 bridgehead atoms. The topological polar surface area (TPSA) is 50.7 Å². The molecule has 0 unspecified atom stereocenters. The summed E-state index contributed by atoms with van der Waals surface area (Å²) in [5.41, 5.74) is 2.24. The highest BCUT2D eigenvalue weighted by molar-refractivity contribution is 9.10. The molecule has 108 valence electrons. The van der Waals surface area contributed by atoms with E-state index in [0.29, 0.717) is 16.0 Å². The molecule has 21 heavy (non-hydrogen) atoms. The van der Waals surface area contributed by atoms with Crippen LogP contribution in [0.1, 0.15) is 5.69 Å². The van der Waals surface area contributed by atoms with Gasteiger partial charge in [-0.05, 0) is 47.1 Å². The Bertz CT molecular complexity index is 797. The van der Waals surface area contributed by atoms with Crippen LogP contribution in [0.25, 0.3) is 10.9 Å². The number of aryl methyl sites for hydroxylation is 1. The minimum atomic E-state index is -0.328. The number of hydrogen-bond donors (Lipinski definition) is 1. The van der Waals surface area contributed by atoms with Crippen molar-refractivity contribution in [3.8, 4) is 0 Å². The van der Waals surface area contributed by atoms with Gasteiger partial charge >= 0.3 is 0 Å². The number of aromatic nitrogens is 3. The molecule has 3 rings (SSSR count). The molecule has 7 heteroatoms. The summed E-state index contributed by atoms with van der Waals surface area (Å²) in [4.78, 5) is 12.6. The van der Waals surface area contributed by atoms with Crippen LogP contribution in [0, 0.1) is 12.7 Å². The molecule has 0 amide bonds. The molecule has 0 aliphatic carbocycles. The van der Waals surface area contributed by atoms with Gasteiger partial charge in [-0.3, -0.25) is 4.98 Å². The molecule has 0 fully saturated rings. The van der Waals surface area contributed by atoms with Crippen molar-refractivity contribution in [3.63, 3.8) is 0 Å². The first kappa shape index (κ1) is 15.6. The van der Waals surface area contributed by atoms with Crippen LogP contribution in [0.5, 0.6) is 0 Å². The van der Waals surface area contributed by atoms with Gasteiger partial charge in [0.2, 0.25) is 0 Å². The van der Waals surface area contributed by atoms with Crippen LogP contribution >= 0.6 is 28.3 Å². The van der Waals surface area contributed by atoms with E-state index in [1.165, 1.54) is 12.4 Å². The smallest absolute Gasteiger partial charge is 0.141 e. The van der Waals surface area contributed by atoms with Crippen LogP contribution in [0.2, 0.25) is 0 Å². The Morgan fingerprint density at radius 2 is 1.95 bits per heavy atom. The summed E-state index contributed by atoms with van der Waals surface area (Å²) in [6, 6.07) is 6.72. The zero-order valence-corrected chi connectivity index (χ0v) is 13.4. The van der Waals surface area contributed by atoms with Gasteiger partial charge in [0.25, 0.3) is 0 Å². The molecule has 0 atom stereocenters. The second-order valence-corrected chi connectivity index (χ2v) is 5.17. The van der Waals surface area contributed by atoms with Gasteiger partial charge in [-0.1, -0.05) is 0 Å². The van der Waals surface area contributed by atoms with Gasteiger partial charge in [0.1, 0.15) is 18.0 Å². The summed E-state index contributed by atoms with van der Waals surface area (Å²) in [7, 11) is 0. The lowest BCUT2D eigenvalue weighted by Crippen LogP contribution is -1.97. The van der Waals surface area contributed by atoms with E-state index < -0.39 is 0 Å². The fraction of sp³-hybridized carbons (Fsp3) is 0.0714. The van der Waals surface area contributed by atoms with Crippen molar-refractivity contribution in [1.29, 1.82) is 0 Å². The molecule has 4 nitrogen and oxygen atoms in total. The maximum Gasteiger partial charge on any atom is 0.141 e. The molecule has 0 radical (unpaired) electrons. The van der Waals surface area contributed by atoms with Crippen molar-refractivity contribution in [2.45, 2.75) is 6.92 Å². The monoisotopic (exact) mass is 368 g/mol. The van der Waals surface area contributed by atoms with Crippen LogP contribution in [0.15, 0.2) is 41.3 Å². The fourth-order valence-corrected chi connectivity index (χ4v) is 2.12. The molecular formula is C14H11BrClFN4. The Balaban J connectivity index is 0.00000161. The lowest BCUT2D eigenvalue weighted by atomic mass is 10.2. The second kappa shape index (κ2) is 6.32. The van der Waals surface area contributed by atoms with Crippen LogP contribution in [-0.2, 0) is 0 Å². The number of benzene rings is 1. The first-order valence-corrected chi connectivity index (χ1v) is 6.72. The summed E-state index contributed by atoms with van der Waals surface area (Å²) < 4.78 is 14.0. The van der Waals surface area contributed by atoms with Gasteiger partial charge in [0, 0.05) is 16.8 Å². The molecular weight excluding hydrogens is 359 g/mol. The molecule has 1 aromatic carbocycles. The number of nitrogens with zero attached hydrogens (tertiary/aromatic N) is 3. The highest BCUT2D eigenvalue weighted by Gasteiger charge is 2.06. The number of hydrogen-bond acceptors (Lipinski definition) is 4. The van der Waals surface area contributed by atoms with E-state index in [-0.39, 0.29) is 18.2 Å². The van der Waals surface area contributed by atoms with Crippen molar-refractivity contribution < 1.29 is 4.39 Å². The van der Waals surface area contributed by atoms with E-state index >= 15 is 0 Å². The molecule has 0 saturated heterocycles. The maximum absolute atomic E-state index is 13.5. The van der Waals surface area contributed by atoms with E-state index in [0.717, 1.165) is 16.6 Å². The normalized spacial score (nSPS) is 10.2.